The van der Waals surface area contributed by atoms with Crippen LogP contribution in [0.4, 0.5) is 10.7 Å². The smallest absolute Gasteiger partial charge is 0.335 e. The van der Waals surface area contributed by atoms with E-state index < -0.39 is 26.5 Å². The van der Waals surface area contributed by atoms with E-state index in [2.05, 4.69) is 15.3 Å². The van der Waals surface area contributed by atoms with Gasteiger partial charge in [0.05, 0.1) is 26.9 Å². The first-order valence-electron chi connectivity index (χ1n) is 8.42. The number of carbonyl (C=O) groups excluding carboxylic acids is 1. The molecule has 2 rings (SSSR count). The van der Waals surface area contributed by atoms with E-state index >= 15 is 0 Å². The van der Waals surface area contributed by atoms with Crippen molar-refractivity contribution in [1.29, 1.82) is 0 Å². The summed E-state index contributed by atoms with van der Waals surface area (Å²) in [5.74, 6) is -0.259. The number of anilines is 1. The molecule has 0 saturated heterocycles. The lowest BCUT2D eigenvalue weighted by Crippen LogP contribution is -2.39. The third-order valence-corrected chi connectivity index (χ3v) is 4.91. The predicted octanol–water partition coefficient (Wildman–Crippen LogP) is 0.584. The molecule has 158 valence electrons. The van der Waals surface area contributed by atoms with Crippen molar-refractivity contribution < 1.29 is 27.4 Å². The van der Waals surface area contributed by atoms with Crippen molar-refractivity contribution in [2.24, 2.45) is 0 Å². The summed E-state index contributed by atoms with van der Waals surface area (Å²) in [6.45, 7) is 3.67. The number of sulfonamides is 1. The van der Waals surface area contributed by atoms with Crippen LogP contribution in [-0.2, 0) is 16.6 Å². The molecule has 0 saturated carbocycles. The summed E-state index contributed by atoms with van der Waals surface area (Å²) in [6.07, 6.45) is 1.41. The van der Waals surface area contributed by atoms with E-state index in [4.69, 9.17) is 14.2 Å². The van der Waals surface area contributed by atoms with Gasteiger partial charge in [0, 0.05) is 12.7 Å². The molecular formula is C16H21N5O7S. The SMILES string of the molecule is CCOc1ccn(CC)c(=O)c1S(=O)(=O)NC(=O)Nc1nc(OC)cc(OC)n1. The molecule has 0 radical (unpaired) electrons. The fourth-order valence-electron chi connectivity index (χ4n) is 2.27. The summed E-state index contributed by atoms with van der Waals surface area (Å²) < 4.78 is 43.5. The summed E-state index contributed by atoms with van der Waals surface area (Å²) in [7, 11) is -1.87. The number of carbonyl (C=O) groups is 1. The summed E-state index contributed by atoms with van der Waals surface area (Å²) in [5, 5.41) is 2.16. The molecule has 0 aromatic carbocycles. The van der Waals surface area contributed by atoms with E-state index in [-0.39, 0.29) is 36.6 Å². The maximum absolute atomic E-state index is 12.7. The molecule has 13 heteroatoms. The molecule has 0 aliphatic heterocycles. The van der Waals surface area contributed by atoms with Gasteiger partial charge in [-0.2, -0.15) is 9.97 Å². The van der Waals surface area contributed by atoms with Crippen molar-refractivity contribution in [3.63, 3.8) is 0 Å². The highest BCUT2D eigenvalue weighted by Crippen LogP contribution is 2.20. The second-order valence-corrected chi connectivity index (χ2v) is 6.99. The summed E-state index contributed by atoms with van der Waals surface area (Å²) in [6, 6.07) is 1.52. The molecule has 0 spiro atoms. The molecule has 2 N–H and O–H groups in total. The van der Waals surface area contributed by atoms with Gasteiger partial charge in [0.15, 0.2) is 4.90 Å². The number of urea groups is 1. The average molecular weight is 427 g/mol. The second-order valence-electron chi connectivity index (χ2n) is 5.37. The van der Waals surface area contributed by atoms with Crippen molar-refractivity contribution in [2.45, 2.75) is 25.3 Å². The Balaban J connectivity index is 2.34. The summed E-state index contributed by atoms with van der Waals surface area (Å²) in [5.41, 5.74) is -0.821. The Morgan fingerprint density at radius 2 is 1.79 bits per heavy atom. The van der Waals surface area contributed by atoms with Crippen molar-refractivity contribution >= 4 is 22.0 Å². The molecule has 29 heavy (non-hydrogen) atoms. The van der Waals surface area contributed by atoms with Crippen LogP contribution in [0.1, 0.15) is 13.8 Å². The highest BCUT2D eigenvalue weighted by Gasteiger charge is 2.27. The van der Waals surface area contributed by atoms with Gasteiger partial charge in [0.25, 0.3) is 15.6 Å². The van der Waals surface area contributed by atoms with Gasteiger partial charge in [-0.05, 0) is 19.9 Å². The minimum absolute atomic E-state index is 0.0857. The van der Waals surface area contributed by atoms with E-state index in [1.807, 2.05) is 0 Å². The third-order valence-electron chi connectivity index (χ3n) is 3.54. The first kappa shape index (κ1) is 21.9. The van der Waals surface area contributed by atoms with Gasteiger partial charge in [0.2, 0.25) is 17.7 Å². The Hall–Kier alpha value is -3.35. The van der Waals surface area contributed by atoms with Crippen LogP contribution in [0.3, 0.4) is 0 Å². The van der Waals surface area contributed by atoms with Crippen LogP contribution in [0.15, 0.2) is 28.0 Å². The number of hydrogen-bond donors (Lipinski definition) is 2. The van der Waals surface area contributed by atoms with Gasteiger partial charge in [-0.15, -0.1) is 0 Å². The number of amides is 2. The molecule has 0 atom stereocenters. The van der Waals surface area contributed by atoms with Crippen LogP contribution < -0.4 is 29.8 Å². The lowest BCUT2D eigenvalue weighted by Gasteiger charge is -2.13. The van der Waals surface area contributed by atoms with Gasteiger partial charge in [-0.1, -0.05) is 0 Å². The highest BCUT2D eigenvalue weighted by molar-refractivity contribution is 7.90. The number of nitrogens with zero attached hydrogens (tertiary/aromatic N) is 3. The molecule has 0 bridgehead atoms. The van der Waals surface area contributed by atoms with Crippen molar-refractivity contribution in [3.05, 3.63) is 28.7 Å². The summed E-state index contributed by atoms with van der Waals surface area (Å²) in [4.78, 5) is 31.8. The van der Waals surface area contributed by atoms with E-state index in [0.717, 1.165) is 0 Å². The normalized spacial score (nSPS) is 10.9. The zero-order valence-corrected chi connectivity index (χ0v) is 17.1. The molecule has 2 amide bonds. The number of nitrogens with one attached hydrogen (secondary N) is 2. The van der Waals surface area contributed by atoms with E-state index in [9.17, 15) is 18.0 Å². The molecule has 2 aromatic rings. The zero-order chi connectivity index (χ0) is 21.6. The molecule has 2 aromatic heterocycles. The lowest BCUT2D eigenvalue weighted by atomic mass is 10.4. The van der Waals surface area contributed by atoms with Gasteiger partial charge < -0.3 is 18.8 Å². The van der Waals surface area contributed by atoms with Gasteiger partial charge in [-0.25, -0.2) is 17.9 Å². The molecule has 0 aliphatic carbocycles. The van der Waals surface area contributed by atoms with E-state index in [0.29, 0.717) is 0 Å². The average Bonchev–Trinajstić information content (AvgIpc) is 2.67. The maximum Gasteiger partial charge on any atom is 0.335 e. The standard InChI is InChI=1S/C16H21N5O7S/c1-5-21-8-7-10(28-6-2)13(14(21)22)29(24,25)20-16(23)19-15-17-11(26-3)9-12(18-15)27-4/h7-9H,5-6H2,1-4H3,(H2,17,18,19,20,23). The van der Waals surface area contributed by atoms with Crippen LogP contribution in [0.25, 0.3) is 0 Å². The van der Waals surface area contributed by atoms with Crippen LogP contribution in [0.2, 0.25) is 0 Å². The van der Waals surface area contributed by atoms with Crippen LogP contribution in [0.5, 0.6) is 17.5 Å². The Labute approximate surface area is 166 Å². The zero-order valence-electron chi connectivity index (χ0n) is 16.3. The molecule has 0 fully saturated rings. The summed E-state index contributed by atoms with van der Waals surface area (Å²) >= 11 is 0. The molecule has 2 heterocycles. The lowest BCUT2D eigenvalue weighted by molar-refractivity contribution is 0.256. The number of methoxy groups -OCH3 is 2. The number of rotatable bonds is 8. The van der Waals surface area contributed by atoms with Gasteiger partial charge in [-0.3, -0.25) is 10.1 Å². The molecule has 0 aliphatic rings. The topological polar surface area (TPSA) is 151 Å². The molecule has 12 nitrogen and oxygen atoms in total. The Morgan fingerprint density at radius 3 is 2.31 bits per heavy atom. The Bertz CT molecular complexity index is 1030. The van der Waals surface area contributed by atoms with Crippen LogP contribution >= 0.6 is 0 Å². The molecule has 0 unspecified atom stereocenters. The second kappa shape index (κ2) is 9.23. The number of pyridine rings is 1. The van der Waals surface area contributed by atoms with Gasteiger partial charge >= 0.3 is 6.03 Å². The maximum atomic E-state index is 12.7. The van der Waals surface area contributed by atoms with Crippen molar-refractivity contribution in [1.82, 2.24) is 19.3 Å². The number of aryl methyl sites for hydroxylation is 1. The minimum Gasteiger partial charge on any atom is -0.492 e. The largest absolute Gasteiger partial charge is 0.492 e. The first-order valence-corrected chi connectivity index (χ1v) is 9.91. The minimum atomic E-state index is -4.57. The number of aromatic nitrogens is 3. The Morgan fingerprint density at radius 1 is 1.17 bits per heavy atom. The number of hydrogen-bond acceptors (Lipinski definition) is 9. The quantitative estimate of drug-likeness (QED) is 0.616. The first-order chi connectivity index (χ1) is 13.7. The van der Waals surface area contributed by atoms with Crippen molar-refractivity contribution in [3.8, 4) is 17.5 Å². The van der Waals surface area contributed by atoms with Crippen molar-refractivity contribution in [2.75, 3.05) is 26.1 Å². The fourth-order valence-corrected chi connectivity index (χ4v) is 3.41. The predicted molar refractivity (Wildman–Crippen MR) is 102 cm³/mol. The van der Waals surface area contributed by atoms with Gasteiger partial charge in [0.1, 0.15) is 5.75 Å². The van der Waals surface area contributed by atoms with Crippen LogP contribution in [-0.4, -0.2) is 49.8 Å². The van der Waals surface area contributed by atoms with Crippen LogP contribution in [0, 0.1) is 0 Å². The Kier molecular flexibility index (Phi) is 6.98. The highest BCUT2D eigenvalue weighted by atomic mass is 32.2. The van der Waals surface area contributed by atoms with E-state index in [1.165, 1.54) is 37.1 Å². The third kappa shape index (κ3) is 5.13. The monoisotopic (exact) mass is 427 g/mol. The molecular weight excluding hydrogens is 406 g/mol. The van der Waals surface area contributed by atoms with E-state index in [1.54, 1.807) is 18.6 Å². The number of ether oxygens (including phenoxy) is 3. The fraction of sp³-hybridized carbons (Fsp3) is 0.375.